The van der Waals surface area contributed by atoms with Crippen LogP contribution in [0.3, 0.4) is 0 Å². The molecular formula is C30H31Br2NO3. The summed E-state index contributed by atoms with van der Waals surface area (Å²) in [4.78, 5) is 27.0. The van der Waals surface area contributed by atoms with Crippen LogP contribution in [0.1, 0.15) is 70.4 Å². The number of hydrogen-bond acceptors (Lipinski definition) is 4. The second kappa shape index (κ2) is 9.29. The normalized spacial score (nSPS) is 21.2. The lowest BCUT2D eigenvalue weighted by atomic mass is 9.64. The summed E-state index contributed by atoms with van der Waals surface area (Å²) in [6.45, 7) is 8.98. The number of ketones is 2. The fourth-order valence-electron chi connectivity index (χ4n) is 5.81. The lowest BCUT2D eigenvalue weighted by molar-refractivity contribution is -0.119. The minimum atomic E-state index is -0.350. The predicted molar refractivity (Wildman–Crippen MR) is 149 cm³/mol. The van der Waals surface area contributed by atoms with Gasteiger partial charge in [0.15, 0.2) is 11.6 Å². The number of halogens is 2. The van der Waals surface area contributed by atoms with E-state index >= 15 is 0 Å². The zero-order valence-corrected chi connectivity index (χ0v) is 24.3. The fraction of sp³-hybridized carbons (Fsp3) is 0.400. The van der Waals surface area contributed by atoms with Gasteiger partial charge in [0.1, 0.15) is 12.4 Å². The molecule has 0 amide bonds. The predicted octanol–water partition coefficient (Wildman–Crippen LogP) is 7.76. The van der Waals surface area contributed by atoms with Crippen LogP contribution in [0, 0.1) is 10.8 Å². The van der Waals surface area contributed by atoms with Crippen LogP contribution in [0.15, 0.2) is 74.0 Å². The molecular weight excluding hydrogens is 582 g/mol. The Morgan fingerprint density at radius 1 is 0.833 bits per heavy atom. The molecule has 0 saturated carbocycles. The van der Waals surface area contributed by atoms with Gasteiger partial charge in [-0.2, -0.15) is 0 Å². The highest BCUT2D eigenvalue weighted by atomic mass is 79.9. The van der Waals surface area contributed by atoms with Gasteiger partial charge in [-0.15, -0.1) is 0 Å². The molecule has 6 heteroatoms. The molecule has 36 heavy (non-hydrogen) atoms. The van der Waals surface area contributed by atoms with E-state index in [1.807, 2.05) is 42.5 Å². The molecule has 1 N–H and O–H groups in total. The molecule has 0 fully saturated rings. The zero-order chi connectivity index (χ0) is 25.8. The number of allylic oxidation sites excluding steroid dienone is 4. The van der Waals surface area contributed by atoms with E-state index < -0.39 is 0 Å². The Morgan fingerprint density at radius 2 is 1.42 bits per heavy atom. The first-order valence-corrected chi connectivity index (χ1v) is 14.0. The van der Waals surface area contributed by atoms with Crippen LogP contribution in [0.25, 0.3) is 0 Å². The van der Waals surface area contributed by atoms with Crippen LogP contribution in [0.4, 0.5) is 0 Å². The van der Waals surface area contributed by atoms with E-state index in [4.69, 9.17) is 4.74 Å². The summed E-state index contributed by atoms with van der Waals surface area (Å²) in [6.07, 6.45) is 2.57. The molecule has 0 aromatic heterocycles. The Morgan fingerprint density at radius 3 is 1.97 bits per heavy atom. The van der Waals surface area contributed by atoms with E-state index in [-0.39, 0.29) is 28.3 Å². The number of carbonyl (C=O) groups is 2. The van der Waals surface area contributed by atoms with Crippen LogP contribution in [0.2, 0.25) is 0 Å². The number of hydrogen-bond donors (Lipinski definition) is 1. The third-order valence-electron chi connectivity index (χ3n) is 7.35. The van der Waals surface area contributed by atoms with E-state index in [0.717, 1.165) is 61.2 Å². The number of Topliss-reactive ketones (excluding diaryl/α,β-unsaturated/α-hetero) is 2. The fourth-order valence-corrected chi connectivity index (χ4v) is 6.72. The Bertz CT molecular complexity index is 1280. The summed E-state index contributed by atoms with van der Waals surface area (Å²) in [6, 6.07) is 13.9. The largest absolute Gasteiger partial charge is 0.488 e. The molecule has 5 rings (SSSR count). The van der Waals surface area contributed by atoms with E-state index in [2.05, 4.69) is 64.9 Å². The van der Waals surface area contributed by atoms with Crippen molar-refractivity contribution in [2.45, 2.75) is 65.9 Å². The Kier molecular flexibility index (Phi) is 6.57. The zero-order valence-electron chi connectivity index (χ0n) is 21.1. The van der Waals surface area contributed by atoms with Crippen LogP contribution in [0.5, 0.6) is 5.75 Å². The summed E-state index contributed by atoms with van der Waals surface area (Å²) in [5, 5.41) is 3.58. The van der Waals surface area contributed by atoms with Gasteiger partial charge in [-0.25, -0.2) is 0 Å². The first-order chi connectivity index (χ1) is 16.9. The van der Waals surface area contributed by atoms with Crippen molar-refractivity contribution in [2.75, 3.05) is 0 Å². The molecule has 2 aliphatic carbocycles. The molecule has 0 spiro atoms. The molecule has 0 atom stereocenters. The highest BCUT2D eigenvalue weighted by Crippen LogP contribution is 2.51. The van der Waals surface area contributed by atoms with Crippen molar-refractivity contribution in [1.82, 2.24) is 5.32 Å². The van der Waals surface area contributed by atoms with E-state index in [0.29, 0.717) is 19.4 Å². The topological polar surface area (TPSA) is 55.4 Å². The summed E-state index contributed by atoms with van der Waals surface area (Å²) < 4.78 is 7.92. The molecule has 0 saturated heterocycles. The Labute approximate surface area is 229 Å². The summed E-state index contributed by atoms with van der Waals surface area (Å²) in [5.41, 5.74) is 5.27. The molecule has 2 aromatic rings. The van der Waals surface area contributed by atoms with Crippen LogP contribution < -0.4 is 10.1 Å². The Balaban J connectivity index is 1.54. The van der Waals surface area contributed by atoms with Gasteiger partial charge in [0.2, 0.25) is 0 Å². The molecule has 1 aliphatic heterocycles. The number of rotatable bonds is 4. The maximum atomic E-state index is 13.5. The van der Waals surface area contributed by atoms with Crippen molar-refractivity contribution in [3.63, 3.8) is 0 Å². The summed E-state index contributed by atoms with van der Waals surface area (Å²) in [7, 11) is 0. The van der Waals surface area contributed by atoms with Crippen molar-refractivity contribution >= 4 is 43.4 Å². The minimum Gasteiger partial charge on any atom is -0.488 e. The third-order valence-corrected chi connectivity index (χ3v) is 8.74. The summed E-state index contributed by atoms with van der Waals surface area (Å²) >= 11 is 7.27. The molecule has 2 aromatic carbocycles. The first-order valence-electron chi connectivity index (χ1n) is 12.4. The quantitative estimate of drug-likeness (QED) is 0.383. The number of ether oxygens (including phenoxy) is 1. The standard InChI is InChI=1S/C30H31Br2NO3/c1-29(2)12-21-27(23(34)14-29)26(28-22(33-21)13-30(3,4)15-24(28)35)17-9-10-25(20(32)11-17)36-16-18-7-5-6-8-19(18)31/h5-11,26,33H,12-16H2,1-4H3. The maximum Gasteiger partial charge on any atom is 0.162 e. The second-order valence-corrected chi connectivity index (χ2v) is 13.5. The monoisotopic (exact) mass is 611 g/mol. The van der Waals surface area contributed by atoms with Gasteiger partial charge in [-0.05, 0) is 63.4 Å². The molecule has 0 radical (unpaired) electrons. The van der Waals surface area contributed by atoms with Crippen molar-refractivity contribution in [3.8, 4) is 5.75 Å². The van der Waals surface area contributed by atoms with Gasteiger partial charge < -0.3 is 10.1 Å². The van der Waals surface area contributed by atoms with Crippen molar-refractivity contribution < 1.29 is 14.3 Å². The van der Waals surface area contributed by atoms with Gasteiger partial charge >= 0.3 is 0 Å². The van der Waals surface area contributed by atoms with Crippen molar-refractivity contribution in [2.24, 2.45) is 10.8 Å². The SMILES string of the molecule is CC1(C)CC(=O)C2=C(C1)NC1=C(C(=O)CC(C)(C)C1)C2c1ccc(OCc2ccccc2Br)c(Br)c1. The smallest absolute Gasteiger partial charge is 0.162 e. The molecule has 0 bridgehead atoms. The molecule has 1 heterocycles. The van der Waals surface area contributed by atoms with Gasteiger partial charge in [-0.3, -0.25) is 9.59 Å². The van der Waals surface area contributed by atoms with E-state index in [1.54, 1.807) is 0 Å². The minimum absolute atomic E-state index is 0.107. The summed E-state index contributed by atoms with van der Waals surface area (Å²) in [5.74, 6) is 0.637. The van der Waals surface area contributed by atoms with Crippen molar-refractivity contribution in [1.29, 1.82) is 0 Å². The van der Waals surface area contributed by atoms with Crippen LogP contribution >= 0.6 is 31.9 Å². The van der Waals surface area contributed by atoms with Crippen LogP contribution in [-0.4, -0.2) is 11.6 Å². The number of carbonyl (C=O) groups excluding carboxylic acids is 2. The highest BCUT2D eigenvalue weighted by molar-refractivity contribution is 9.10. The molecule has 188 valence electrons. The van der Waals surface area contributed by atoms with Crippen LogP contribution in [-0.2, 0) is 16.2 Å². The highest BCUT2D eigenvalue weighted by Gasteiger charge is 2.46. The number of benzene rings is 2. The van der Waals surface area contributed by atoms with E-state index in [1.165, 1.54) is 0 Å². The molecule has 0 unspecified atom stereocenters. The van der Waals surface area contributed by atoms with Crippen molar-refractivity contribution in [3.05, 3.63) is 85.1 Å². The van der Waals surface area contributed by atoms with Gasteiger partial charge in [0, 0.05) is 51.3 Å². The third kappa shape index (κ3) is 4.87. The lowest BCUT2D eigenvalue weighted by Crippen LogP contribution is -2.42. The van der Waals surface area contributed by atoms with Gasteiger partial charge in [-0.1, -0.05) is 67.9 Å². The lowest BCUT2D eigenvalue weighted by Gasteiger charge is -2.44. The van der Waals surface area contributed by atoms with Gasteiger partial charge in [0.25, 0.3) is 0 Å². The average Bonchev–Trinajstić information content (AvgIpc) is 2.76. The molecule has 3 aliphatic rings. The number of dihydropyridines is 1. The first kappa shape index (κ1) is 25.5. The second-order valence-electron chi connectivity index (χ2n) is 11.8. The average molecular weight is 613 g/mol. The van der Waals surface area contributed by atoms with E-state index in [9.17, 15) is 9.59 Å². The Hall–Kier alpha value is -2.18. The molecule has 4 nitrogen and oxygen atoms in total. The van der Waals surface area contributed by atoms with Gasteiger partial charge in [0.05, 0.1) is 4.47 Å². The maximum absolute atomic E-state index is 13.5. The number of nitrogens with one attached hydrogen (secondary N) is 1.